The number of carbonyl (C=O) groups excluding carboxylic acids is 6. The van der Waals surface area contributed by atoms with Crippen LogP contribution < -0.4 is 0 Å². The number of aromatic nitrogens is 5. The first-order chi connectivity index (χ1) is 51.6. The van der Waals surface area contributed by atoms with Crippen molar-refractivity contribution in [2.75, 3.05) is 67.7 Å². The molecular formula is C92H91N8O11W5-5. The number of pyridine rings is 5. The Morgan fingerprint density at radius 1 is 0.319 bits per heavy atom. The van der Waals surface area contributed by atoms with Crippen LogP contribution in [-0.4, -0.2) is 142 Å². The van der Waals surface area contributed by atoms with Gasteiger partial charge in [0.15, 0.2) is 0 Å². The van der Waals surface area contributed by atoms with E-state index < -0.39 is 23.9 Å². The summed E-state index contributed by atoms with van der Waals surface area (Å²) in [6, 6.07) is 66.7. The zero-order valence-corrected chi connectivity index (χ0v) is 81.3. The molecule has 19 nitrogen and oxygen atoms in total. The van der Waals surface area contributed by atoms with E-state index in [9.17, 15) is 19.2 Å². The molecule has 11 rings (SSSR count). The van der Waals surface area contributed by atoms with Gasteiger partial charge in [-0.25, -0.2) is 39.1 Å². The predicted octanol–water partition coefficient (Wildman–Crippen LogP) is 13.0. The number of rotatable bonds is 12. The van der Waals surface area contributed by atoms with E-state index in [0.29, 0.717) is 72.2 Å². The summed E-state index contributed by atoms with van der Waals surface area (Å²) in [5.41, 5.74) is 13.5. The Bertz CT molecular complexity index is 4790. The molecule has 1 aliphatic rings. The van der Waals surface area contributed by atoms with Crippen LogP contribution in [0, 0.1) is 103 Å². The molecule has 0 saturated carbocycles. The molecule has 5 aromatic heterocycles. The molecule has 1 saturated heterocycles. The average Bonchev–Trinajstić information content (AvgIpc) is 1.36. The Morgan fingerprint density at radius 3 is 0.750 bits per heavy atom. The largest absolute Gasteiger partial charge is 0.464 e. The quantitative estimate of drug-likeness (QED) is 0.0518. The minimum absolute atomic E-state index is 0. The second-order valence-electron chi connectivity index (χ2n) is 23.4. The molecular weight excluding hydrogens is 2310 g/mol. The van der Waals surface area contributed by atoms with Crippen LogP contribution in [-0.2, 0) is 167 Å². The van der Waals surface area contributed by atoms with Crippen molar-refractivity contribution in [3.63, 3.8) is 0 Å². The number of carbonyl (C=O) groups is 4. The number of methoxy groups -OCH3 is 4. The van der Waals surface area contributed by atoms with Gasteiger partial charge in [-0.1, -0.05) is 157 Å². The van der Waals surface area contributed by atoms with Gasteiger partial charge in [-0.2, -0.15) is 9.59 Å². The number of aliphatic hydroxyl groups is 1. The molecule has 0 radical (unpaired) electrons. The number of hydrogen-bond donors (Lipinski definition) is 1. The Hall–Kier alpha value is -9.81. The third-order valence-corrected chi connectivity index (χ3v) is 15.6. The summed E-state index contributed by atoms with van der Waals surface area (Å²) >= 11 is 0. The van der Waals surface area contributed by atoms with Gasteiger partial charge in [-0.05, 0) is 135 Å². The molecule has 600 valence electrons. The summed E-state index contributed by atoms with van der Waals surface area (Å²) in [5, 5.41) is 9.16. The van der Waals surface area contributed by atoms with Crippen molar-refractivity contribution in [1.82, 2.24) is 39.6 Å². The molecule has 10 aromatic rings. The molecule has 0 amide bonds. The van der Waals surface area contributed by atoms with Crippen LogP contribution in [0.3, 0.4) is 0 Å². The zero-order valence-electron chi connectivity index (χ0n) is 66.6. The van der Waals surface area contributed by atoms with Gasteiger partial charge in [0, 0.05) is 231 Å². The van der Waals surface area contributed by atoms with E-state index in [2.05, 4.69) is 94.7 Å². The fourth-order valence-corrected chi connectivity index (χ4v) is 10.5. The van der Waals surface area contributed by atoms with Gasteiger partial charge >= 0.3 is 30.0 Å². The first kappa shape index (κ1) is 110. The summed E-state index contributed by atoms with van der Waals surface area (Å²) in [6.45, 7) is 9.65. The molecule has 0 spiro atoms. The van der Waals surface area contributed by atoms with Crippen LogP contribution in [0.4, 0.5) is 0 Å². The SMILES string of the molecule is CCc1cc(C#Cc2ccccc2)cc(C(=O)OC)n1.COC(=O)c1cc(C#Cc2ccccc2)cc(CN2CCN(Cc3cc(C#Cc4ccccc4)cc(C)n3)CCN(Cc3cc(C#Cc4ccccc4)cc(C(=O)OC)n3)CC2)n1.COC(=O)c1cc(C#Cc2ccccc2)cc(CO)n1.O=C=O.[CH3-].[CH3-].[CH3-].[CH3-].[CH3-].[W].[W].[W].[W].[W]. The average molecular weight is 2400 g/mol. The van der Waals surface area contributed by atoms with Crippen molar-refractivity contribution >= 4 is 30.0 Å². The van der Waals surface area contributed by atoms with Crippen molar-refractivity contribution in [1.29, 1.82) is 0 Å². The molecule has 1 aliphatic heterocycles. The van der Waals surface area contributed by atoms with Crippen LogP contribution in [0.25, 0.3) is 0 Å². The summed E-state index contributed by atoms with van der Waals surface area (Å²) in [4.78, 5) is 94.7. The number of aliphatic hydroxyl groups excluding tert-OH is 1. The van der Waals surface area contributed by atoms with E-state index in [1.54, 1.807) is 30.3 Å². The second kappa shape index (κ2) is 60.7. The van der Waals surface area contributed by atoms with Gasteiger partial charge in [0.25, 0.3) is 0 Å². The standard InChI is InChI=1S/C53H48N6O4.C17H15NO2.C16H13NO3.CO2.5CH3.5W/c1-40-31-44(22-19-41-13-7-4-8-14-41)32-47(54-40)37-57-25-27-58(38-48-33-45(35-50(55-48)52(60)62-2)23-20-42-15-9-5-10-16-42)29-30-59(28-26-57)39-49-34-46(36-51(56-49)53(61)63-3)24-21-43-17-11-6-12-18-43;1-3-15-11-14(12-16(18-15)17(19)20-2)10-9-13-7-5-4-6-8-13;1-20-16(19)15-10-13(9-14(11-18)17-15)8-7-12-5-3-2-4-6-12;2-1-3;;;;;;;;;;/h4-18,31-36H,25-30,37-39H2,1-3H3;4-8,11-12H,3H2,1-2H3;2-6,9-10,18H,11H2,1H3;;5*1H3;;;;;/q;;;;5*-1;;;;;. The maximum atomic E-state index is 12.8. The number of esters is 4. The number of hydrogen-bond acceptors (Lipinski definition) is 19. The number of aryl methyl sites for hydroxylation is 2. The van der Waals surface area contributed by atoms with Crippen LogP contribution in [0.2, 0.25) is 0 Å². The summed E-state index contributed by atoms with van der Waals surface area (Å²) in [5.74, 6) is 29.5. The van der Waals surface area contributed by atoms with E-state index in [0.717, 1.165) is 88.6 Å². The molecule has 1 fully saturated rings. The van der Waals surface area contributed by atoms with E-state index in [1.165, 1.54) is 28.4 Å². The van der Waals surface area contributed by atoms with Gasteiger partial charge in [0.05, 0.1) is 57.8 Å². The fourth-order valence-electron chi connectivity index (χ4n) is 10.5. The molecule has 116 heavy (non-hydrogen) atoms. The second-order valence-corrected chi connectivity index (χ2v) is 23.4. The summed E-state index contributed by atoms with van der Waals surface area (Å²) < 4.78 is 19.5. The fraction of sp³-hybridized carbons (Fsp3) is 0.185. The van der Waals surface area contributed by atoms with Crippen LogP contribution in [0.5, 0.6) is 0 Å². The predicted molar refractivity (Wildman–Crippen MR) is 432 cm³/mol. The van der Waals surface area contributed by atoms with Gasteiger partial charge in [-0.3, -0.25) is 19.7 Å². The maximum absolute atomic E-state index is 12.8. The monoisotopic (exact) mass is 2400 g/mol. The Morgan fingerprint density at radius 2 is 0.517 bits per heavy atom. The van der Waals surface area contributed by atoms with Gasteiger partial charge < -0.3 is 61.2 Å². The number of benzene rings is 5. The molecule has 24 heteroatoms. The molecule has 0 atom stereocenters. The van der Waals surface area contributed by atoms with Crippen LogP contribution in [0.15, 0.2) is 212 Å². The third kappa shape index (κ3) is 38.3. The van der Waals surface area contributed by atoms with E-state index in [1.807, 2.05) is 190 Å². The Balaban J connectivity index is -0.00000199. The normalized spacial score (nSPS) is 10.6. The minimum Gasteiger partial charge on any atom is -0.464 e. The van der Waals surface area contributed by atoms with Gasteiger partial charge in [0.1, 0.15) is 22.8 Å². The minimum atomic E-state index is -0.553. The Kier molecular flexibility index (Phi) is 57.7. The van der Waals surface area contributed by atoms with Crippen molar-refractivity contribution < 1.29 is 158 Å². The first-order valence-corrected chi connectivity index (χ1v) is 33.6. The van der Waals surface area contributed by atoms with Gasteiger partial charge in [-0.15, -0.1) is 0 Å². The van der Waals surface area contributed by atoms with Crippen molar-refractivity contribution in [2.45, 2.75) is 46.5 Å². The van der Waals surface area contributed by atoms with E-state index in [4.69, 9.17) is 43.9 Å². The van der Waals surface area contributed by atoms with Gasteiger partial charge in [0.2, 0.25) is 0 Å². The van der Waals surface area contributed by atoms with Crippen LogP contribution in [0.1, 0.15) is 139 Å². The molecule has 1 N–H and O–H groups in total. The number of ether oxygens (including phenoxy) is 4. The first-order valence-electron chi connectivity index (χ1n) is 33.6. The smallest absolute Gasteiger partial charge is 0.373 e. The topological polar surface area (TPSA) is 234 Å². The Labute approximate surface area is 756 Å². The third-order valence-electron chi connectivity index (χ3n) is 15.6. The molecule has 0 unspecified atom stereocenters. The zero-order chi connectivity index (χ0) is 75.3. The van der Waals surface area contributed by atoms with Crippen molar-refractivity contribution in [3.8, 4) is 59.2 Å². The van der Waals surface area contributed by atoms with Crippen molar-refractivity contribution in [2.24, 2.45) is 0 Å². The summed E-state index contributed by atoms with van der Waals surface area (Å²) in [6.07, 6.45) is 0.991. The molecule has 6 heterocycles. The van der Waals surface area contributed by atoms with Crippen molar-refractivity contribution in [3.05, 3.63) is 362 Å². The molecule has 0 aliphatic carbocycles. The maximum Gasteiger partial charge on any atom is 0.373 e. The van der Waals surface area contributed by atoms with E-state index in [-0.39, 0.29) is 172 Å². The van der Waals surface area contributed by atoms with E-state index >= 15 is 0 Å². The summed E-state index contributed by atoms with van der Waals surface area (Å²) in [7, 11) is 5.34. The van der Waals surface area contributed by atoms with Crippen LogP contribution >= 0.6 is 0 Å². The number of nitrogens with zero attached hydrogens (tertiary/aromatic N) is 8. The molecule has 0 bridgehead atoms. The molecule has 5 aromatic carbocycles.